The van der Waals surface area contributed by atoms with Crippen molar-refractivity contribution in [2.75, 3.05) is 0 Å². The Balaban J connectivity index is 1.98. The number of carbonyl (C=O) groups is 1. The minimum absolute atomic E-state index is 0.0836. The monoisotopic (exact) mass is 290 g/mol. The molecule has 0 unspecified atom stereocenters. The molecule has 7 nitrogen and oxygen atoms in total. The Morgan fingerprint density at radius 2 is 2.14 bits per heavy atom. The molecule has 114 valence electrons. The number of amides is 1. The summed E-state index contributed by atoms with van der Waals surface area (Å²) < 4.78 is 3.53. The van der Waals surface area contributed by atoms with Gasteiger partial charge in [-0.25, -0.2) is 9.67 Å². The second-order valence-corrected chi connectivity index (χ2v) is 5.22. The fourth-order valence-corrected chi connectivity index (χ4v) is 2.32. The lowest BCUT2D eigenvalue weighted by Crippen LogP contribution is -2.32. The van der Waals surface area contributed by atoms with Gasteiger partial charge in [-0.2, -0.15) is 10.2 Å². The number of aromatic nitrogens is 5. The molecule has 0 spiro atoms. The molecule has 0 aliphatic heterocycles. The van der Waals surface area contributed by atoms with E-state index in [0.717, 1.165) is 30.2 Å². The van der Waals surface area contributed by atoms with Crippen molar-refractivity contribution < 1.29 is 4.79 Å². The molecule has 2 aromatic rings. The van der Waals surface area contributed by atoms with Gasteiger partial charge in [-0.1, -0.05) is 6.92 Å². The Bertz CT molecular complexity index is 615. The Kier molecular flexibility index (Phi) is 4.72. The SMILES string of the molecule is CCCn1ncnc1[C@H](C)NC(=O)Cn1nc(C)cc1C. The Morgan fingerprint density at radius 3 is 2.76 bits per heavy atom. The van der Waals surface area contributed by atoms with Gasteiger partial charge in [-0.15, -0.1) is 0 Å². The molecular formula is C14H22N6O. The van der Waals surface area contributed by atoms with E-state index in [4.69, 9.17) is 0 Å². The van der Waals surface area contributed by atoms with Crippen LogP contribution in [0.15, 0.2) is 12.4 Å². The summed E-state index contributed by atoms with van der Waals surface area (Å²) in [6, 6.07) is 1.78. The van der Waals surface area contributed by atoms with Crippen LogP contribution in [0.2, 0.25) is 0 Å². The van der Waals surface area contributed by atoms with Crippen LogP contribution in [0.5, 0.6) is 0 Å². The Hall–Kier alpha value is -2.18. The lowest BCUT2D eigenvalue weighted by Gasteiger charge is -2.14. The smallest absolute Gasteiger partial charge is 0.242 e. The van der Waals surface area contributed by atoms with Crippen LogP contribution in [-0.2, 0) is 17.9 Å². The van der Waals surface area contributed by atoms with Crippen LogP contribution in [0.3, 0.4) is 0 Å². The van der Waals surface area contributed by atoms with E-state index >= 15 is 0 Å². The second-order valence-electron chi connectivity index (χ2n) is 5.22. The van der Waals surface area contributed by atoms with E-state index in [1.807, 2.05) is 31.5 Å². The van der Waals surface area contributed by atoms with Crippen LogP contribution in [0, 0.1) is 13.8 Å². The second kappa shape index (κ2) is 6.51. The summed E-state index contributed by atoms with van der Waals surface area (Å²) in [4.78, 5) is 16.4. The predicted molar refractivity (Wildman–Crippen MR) is 78.6 cm³/mol. The van der Waals surface area contributed by atoms with Gasteiger partial charge < -0.3 is 5.32 Å². The Labute approximate surface area is 124 Å². The topological polar surface area (TPSA) is 77.6 Å². The normalized spacial score (nSPS) is 12.4. The summed E-state index contributed by atoms with van der Waals surface area (Å²) in [5, 5.41) is 11.4. The van der Waals surface area contributed by atoms with Crippen molar-refractivity contribution in [3.8, 4) is 0 Å². The highest BCUT2D eigenvalue weighted by molar-refractivity contribution is 5.76. The van der Waals surface area contributed by atoms with E-state index in [-0.39, 0.29) is 18.5 Å². The van der Waals surface area contributed by atoms with E-state index < -0.39 is 0 Å². The summed E-state index contributed by atoms with van der Waals surface area (Å²) >= 11 is 0. The molecule has 0 saturated carbocycles. The van der Waals surface area contributed by atoms with Gasteiger partial charge >= 0.3 is 0 Å². The summed E-state index contributed by atoms with van der Waals surface area (Å²) in [5.41, 5.74) is 1.89. The van der Waals surface area contributed by atoms with Crippen molar-refractivity contribution in [1.29, 1.82) is 0 Å². The van der Waals surface area contributed by atoms with Crippen LogP contribution >= 0.6 is 0 Å². The highest BCUT2D eigenvalue weighted by Gasteiger charge is 2.16. The standard InChI is InChI=1S/C14H22N6O/c1-5-6-19-14(15-9-16-19)12(4)17-13(21)8-20-11(3)7-10(2)18-20/h7,9,12H,5-6,8H2,1-4H3,(H,17,21)/t12-/m0/s1. The maximum Gasteiger partial charge on any atom is 0.242 e. The van der Waals surface area contributed by atoms with Crippen LogP contribution in [0.1, 0.15) is 43.5 Å². The number of aryl methyl sites for hydroxylation is 3. The molecule has 1 atom stereocenters. The lowest BCUT2D eigenvalue weighted by atomic mass is 10.3. The Morgan fingerprint density at radius 1 is 1.38 bits per heavy atom. The van der Waals surface area contributed by atoms with E-state index in [0.29, 0.717) is 0 Å². The molecule has 21 heavy (non-hydrogen) atoms. The minimum Gasteiger partial charge on any atom is -0.345 e. The van der Waals surface area contributed by atoms with E-state index in [1.54, 1.807) is 4.68 Å². The van der Waals surface area contributed by atoms with Crippen LogP contribution in [0.4, 0.5) is 0 Å². The zero-order chi connectivity index (χ0) is 15.4. The first-order valence-electron chi connectivity index (χ1n) is 7.19. The van der Waals surface area contributed by atoms with Crippen molar-refractivity contribution in [1.82, 2.24) is 29.9 Å². The summed E-state index contributed by atoms with van der Waals surface area (Å²) in [7, 11) is 0. The van der Waals surface area contributed by atoms with Crippen LogP contribution in [-0.4, -0.2) is 30.5 Å². The summed E-state index contributed by atoms with van der Waals surface area (Å²) in [6.07, 6.45) is 2.50. The molecule has 0 aromatic carbocycles. The van der Waals surface area contributed by atoms with Crippen LogP contribution in [0.25, 0.3) is 0 Å². The van der Waals surface area contributed by atoms with Crippen molar-refractivity contribution >= 4 is 5.91 Å². The molecule has 2 aromatic heterocycles. The first kappa shape index (κ1) is 15.2. The van der Waals surface area contributed by atoms with Crippen LogP contribution < -0.4 is 5.32 Å². The average molecular weight is 290 g/mol. The summed E-state index contributed by atoms with van der Waals surface area (Å²) in [6.45, 7) is 8.86. The largest absolute Gasteiger partial charge is 0.345 e. The van der Waals surface area contributed by atoms with E-state index in [1.165, 1.54) is 6.33 Å². The van der Waals surface area contributed by atoms with Gasteiger partial charge in [0.1, 0.15) is 18.7 Å². The first-order valence-corrected chi connectivity index (χ1v) is 7.19. The minimum atomic E-state index is -0.177. The van der Waals surface area contributed by atoms with Gasteiger partial charge in [0.25, 0.3) is 0 Å². The fourth-order valence-electron chi connectivity index (χ4n) is 2.32. The maximum absolute atomic E-state index is 12.1. The van der Waals surface area contributed by atoms with Gasteiger partial charge in [-0.05, 0) is 33.3 Å². The third-order valence-corrected chi connectivity index (χ3v) is 3.24. The maximum atomic E-state index is 12.1. The van der Waals surface area contributed by atoms with E-state index in [2.05, 4.69) is 27.4 Å². The van der Waals surface area contributed by atoms with Crippen molar-refractivity contribution in [2.45, 2.75) is 53.2 Å². The number of hydrogen-bond donors (Lipinski definition) is 1. The molecule has 1 amide bonds. The number of carbonyl (C=O) groups excluding carboxylic acids is 1. The molecule has 0 radical (unpaired) electrons. The molecule has 7 heteroatoms. The lowest BCUT2D eigenvalue weighted by molar-refractivity contribution is -0.122. The number of rotatable bonds is 6. The molecule has 2 heterocycles. The molecule has 1 N–H and O–H groups in total. The van der Waals surface area contributed by atoms with Gasteiger partial charge in [0, 0.05) is 12.2 Å². The first-order chi connectivity index (χ1) is 10.0. The average Bonchev–Trinajstić information content (AvgIpc) is 2.97. The van der Waals surface area contributed by atoms with Crippen molar-refractivity contribution in [3.63, 3.8) is 0 Å². The molecule has 0 aliphatic carbocycles. The summed E-state index contributed by atoms with van der Waals surface area (Å²) in [5.74, 6) is 0.693. The number of nitrogens with zero attached hydrogens (tertiary/aromatic N) is 5. The van der Waals surface area contributed by atoms with Gasteiger partial charge in [0.05, 0.1) is 11.7 Å². The van der Waals surface area contributed by atoms with Crippen molar-refractivity contribution in [3.05, 3.63) is 29.6 Å². The van der Waals surface area contributed by atoms with E-state index in [9.17, 15) is 4.79 Å². The zero-order valence-corrected chi connectivity index (χ0v) is 13.0. The van der Waals surface area contributed by atoms with Gasteiger partial charge in [-0.3, -0.25) is 9.48 Å². The molecule has 0 saturated heterocycles. The number of hydrogen-bond acceptors (Lipinski definition) is 4. The predicted octanol–water partition coefficient (Wildman–Crippen LogP) is 1.38. The van der Waals surface area contributed by atoms with Crippen molar-refractivity contribution in [2.24, 2.45) is 0 Å². The fraction of sp³-hybridized carbons (Fsp3) is 0.571. The molecule has 2 rings (SSSR count). The third-order valence-electron chi connectivity index (χ3n) is 3.24. The molecular weight excluding hydrogens is 268 g/mol. The van der Waals surface area contributed by atoms with Gasteiger partial charge in [0.15, 0.2) is 0 Å². The quantitative estimate of drug-likeness (QED) is 0.872. The highest BCUT2D eigenvalue weighted by atomic mass is 16.2. The van der Waals surface area contributed by atoms with Gasteiger partial charge in [0.2, 0.25) is 5.91 Å². The molecule has 0 fully saturated rings. The third kappa shape index (κ3) is 3.68. The highest BCUT2D eigenvalue weighted by Crippen LogP contribution is 2.09. The zero-order valence-electron chi connectivity index (χ0n) is 13.0. The molecule has 0 bridgehead atoms. The number of nitrogens with one attached hydrogen (secondary N) is 1. The molecule has 0 aliphatic rings.